The number of nitrogens with two attached hydrogens (primary N) is 1. The van der Waals surface area contributed by atoms with E-state index in [1.54, 1.807) is 55.9 Å². The van der Waals surface area contributed by atoms with Gasteiger partial charge in [-0.25, -0.2) is 9.59 Å². The van der Waals surface area contributed by atoms with Gasteiger partial charge in [-0.2, -0.15) is 0 Å². The van der Waals surface area contributed by atoms with E-state index >= 15 is 0 Å². The molecule has 10 heteroatoms. The van der Waals surface area contributed by atoms with E-state index in [0.717, 1.165) is 16.3 Å². The second-order valence-corrected chi connectivity index (χ2v) is 8.07. The summed E-state index contributed by atoms with van der Waals surface area (Å²) in [5.41, 5.74) is 7.49. The van der Waals surface area contributed by atoms with E-state index < -0.39 is 23.1 Å². The van der Waals surface area contributed by atoms with E-state index in [-0.39, 0.29) is 28.2 Å². The van der Waals surface area contributed by atoms with E-state index in [2.05, 4.69) is 9.97 Å². The fraction of sp³-hybridized carbons (Fsp3) is 0.174. The van der Waals surface area contributed by atoms with Gasteiger partial charge in [0.15, 0.2) is 5.69 Å². The molecule has 0 saturated carbocycles. The smallest absolute Gasteiger partial charge is 0.357 e. The topological polar surface area (TPSA) is 126 Å². The minimum Gasteiger partial charge on any atom is -0.464 e. The third kappa shape index (κ3) is 4.00. The largest absolute Gasteiger partial charge is 0.464 e. The summed E-state index contributed by atoms with van der Waals surface area (Å²) in [5.74, 6) is -1.87. The summed E-state index contributed by atoms with van der Waals surface area (Å²) >= 11 is 1.04. The van der Waals surface area contributed by atoms with Crippen molar-refractivity contribution in [2.45, 2.75) is 12.2 Å². The molecule has 4 heterocycles. The van der Waals surface area contributed by atoms with Gasteiger partial charge < -0.3 is 15.2 Å². The lowest BCUT2D eigenvalue weighted by molar-refractivity contribution is -0.135. The lowest BCUT2D eigenvalue weighted by Gasteiger charge is -2.23. The second-order valence-electron chi connectivity index (χ2n) is 6.95. The molecule has 3 aromatic heterocycles. The summed E-state index contributed by atoms with van der Waals surface area (Å²) in [5, 5.41) is -0.325. The summed E-state index contributed by atoms with van der Waals surface area (Å²) in [6.45, 7) is 1.82. The van der Waals surface area contributed by atoms with Crippen LogP contribution in [0.4, 0.5) is 5.69 Å². The van der Waals surface area contributed by atoms with Gasteiger partial charge in [-0.05, 0) is 36.3 Å². The molecule has 1 aliphatic heterocycles. The summed E-state index contributed by atoms with van der Waals surface area (Å²) < 4.78 is 11.4. The Balaban J connectivity index is 2.11. The Kier molecular flexibility index (Phi) is 6.27. The number of carbonyl (C=O) groups excluding carboxylic acids is 3. The molecule has 4 rings (SSSR count). The number of anilines is 1. The van der Waals surface area contributed by atoms with Crippen molar-refractivity contribution in [3.63, 3.8) is 0 Å². The van der Waals surface area contributed by atoms with Crippen molar-refractivity contribution < 1.29 is 23.9 Å². The van der Waals surface area contributed by atoms with Crippen LogP contribution in [0.3, 0.4) is 0 Å². The Morgan fingerprint density at radius 3 is 2.52 bits per heavy atom. The average Bonchev–Trinajstić information content (AvgIpc) is 3.12. The van der Waals surface area contributed by atoms with E-state index in [0.29, 0.717) is 16.3 Å². The number of esters is 2. The van der Waals surface area contributed by atoms with Crippen LogP contribution in [0.5, 0.6) is 0 Å². The number of nitrogens with zero attached hydrogens (tertiary/aromatic N) is 3. The van der Waals surface area contributed by atoms with Crippen LogP contribution in [0.15, 0.2) is 49.1 Å². The van der Waals surface area contributed by atoms with Crippen molar-refractivity contribution in [1.29, 1.82) is 0 Å². The zero-order valence-electron chi connectivity index (χ0n) is 17.8. The van der Waals surface area contributed by atoms with Crippen molar-refractivity contribution >= 4 is 46.3 Å². The highest BCUT2D eigenvalue weighted by Gasteiger charge is 2.38. The lowest BCUT2D eigenvalue weighted by Crippen LogP contribution is -2.42. The quantitative estimate of drug-likeness (QED) is 0.556. The molecule has 1 aliphatic rings. The van der Waals surface area contributed by atoms with Crippen molar-refractivity contribution in [1.82, 2.24) is 14.5 Å². The molecule has 0 fully saturated rings. The first-order valence-corrected chi connectivity index (χ1v) is 10.9. The molecule has 0 amide bonds. The predicted molar refractivity (Wildman–Crippen MR) is 122 cm³/mol. The Labute approximate surface area is 192 Å². The van der Waals surface area contributed by atoms with Crippen molar-refractivity contribution in [2.75, 3.05) is 19.5 Å². The molecule has 2 N–H and O–H groups in total. The van der Waals surface area contributed by atoms with E-state index in [9.17, 15) is 14.4 Å². The number of thioether (sulfide) groups is 1. The van der Waals surface area contributed by atoms with Gasteiger partial charge in [0.05, 0.1) is 24.8 Å². The Morgan fingerprint density at radius 1 is 1.18 bits per heavy atom. The maximum absolute atomic E-state index is 13.7. The standard InChI is InChI=1S/C23H20N4O5S/c1-3-32-23(30)20-17-15(10-13-6-4-8-25-11-13)16(24)18(22(29)31-2)27(17)21(28)19(33-20)14-7-5-9-26-12-14/h4-12,19H,3,24H2,1-2H3/b15-10+. The first kappa shape index (κ1) is 22.3. The van der Waals surface area contributed by atoms with Crippen LogP contribution in [0.1, 0.15) is 38.6 Å². The molecule has 0 aliphatic carbocycles. The molecular weight excluding hydrogens is 444 g/mol. The zero-order valence-corrected chi connectivity index (χ0v) is 18.7. The molecule has 3 aromatic rings. The highest BCUT2D eigenvalue weighted by atomic mass is 32.2. The van der Waals surface area contributed by atoms with Crippen LogP contribution in [0.2, 0.25) is 0 Å². The molecule has 0 aromatic carbocycles. The Bertz CT molecular complexity index is 1350. The van der Waals surface area contributed by atoms with E-state index in [4.69, 9.17) is 15.2 Å². The number of fused-ring (bicyclic) bond motifs is 1. The number of pyridine rings is 2. The van der Waals surface area contributed by atoms with Crippen LogP contribution in [-0.2, 0) is 14.3 Å². The van der Waals surface area contributed by atoms with E-state index in [1.807, 2.05) is 0 Å². The number of nitrogen functional groups attached to an aromatic ring is 1. The van der Waals surface area contributed by atoms with Crippen LogP contribution in [-0.4, -0.2) is 46.1 Å². The number of hydrogen-bond acceptors (Lipinski definition) is 9. The molecule has 0 spiro atoms. The highest BCUT2D eigenvalue weighted by molar-refractivity contribution is 8.10. The van der Waals surface area contributed by atoms with Crippen molar-refractivity contribution in [2.24, 2.45) is 0 Å². The third-order valence-corrected chi connectivity index (χ3v) is 6.27. The number of ether oxygens (including phenoxy) is 2. The fourth-order valence-electron chi connectivity index (χ4n) is 3.55. The van der Waals surface area contributed by atoms with Gasteiger partial charge in [-0.3, -0.25) is 19.3 Å². The fourth-order valence-corrected chi connectivity index (χ4v) is 4.73. The summed E-state index contributed by atoms with van der Waals surface area (Å²) in [7, 11) is 1.20. The van der Waals surface area contributed by atoms with Crippen LogP contribution in [0.25, 0.3) is 11.0 Å². The maximum atomic E-state index is 13.7. The summed E-state index contributed by atoms with van der Waals surface area (Å²) in [6.07, 6.45) is 8.00. The number of rotatable bonds is 5. The molecule has 33 heavy (non-hydrogen) atoms. The van der Waals surface area contributed by atoms with Crippen molar-refractivity contribution in [3.05, 3.63) is 76.4 Å². The summed E-state index contributed by atoms with van der Waals surface area (Å²) in [6, 6.07) is 6.94. The molecular formula is C23H20N4O5S. The monoisotopic (exact) mass is 464 g/mol. The highest BCUT2D eigenvalue weighted by Crippen LogP contribution is 2.39. The van der Waals surface area contributed by atoms with Crippen LogP contribution >= 0.6 is 11.8 Å². The minimum atomic E-state index is -0.841. The summed E-state index contributed by atoms with van der Waals surface area (Å²) in [4.78, 5) is 47.7. The number of carbonyl (C=O) groups is 3. The van der Waals surface area contributed by atoms with E-state index in [1.165, 1.54) is 13.3 Å². The SMILES string of the molecule is CCOC(=O)C1=c2/c(=C/c3cccnc3)c(N)c(C(=O)OC)n2C(=O)C(c2cccnc2)S1. The van der Waals surface area contributed by atoms with Gasteiger partial charge in [-0.15, -0.1) is 0 Å². The average molecular weight is 465 g/mol. The van der Waals surface area contributed by atoms with Gasteiger partial charge in [0.2, 0.25) is 5.91 Å². The first-order chi connectivity index (χ1) is 16.0. The molecule has 0 radical (unpaired) electrons. The molecule has 168 valence electrons. The Hall–Kier alpha value is -3.92. The minimum absolute atomic E-state index is 0.0169. The third-order valence-electron chi connectivity index (χ3n) is 4.97. The number of aromatic nitrogens is 3. The van der Waals surface area contributed by atoms with Gasteiger partial charge >= 0.3 is 11.9 Å². The zero-order chi connectivity index (χ0) is 23.5. The molecule has 1 atom stereocenters. The number of methoxy groups -OCH3 is 1. The van der Waals surface area contributed by atoms with Gasteiger partial charge in [-0.1, -0.05) is 23.9 Å². The Morgan fingerprint density at radius 2 is 1.91 bits per heavy atom. The molecule has 9 nitrogen and oxygen atoms in total. The van der Waals surface area contributed by atoms with Crippen molar-refractivity contribution in [3.8, 4) is 0 Å². The maximum Gasteiger partial charge on any atom is 0.357 e. The second kappa shape index (κ2) is 9.29. The molecule has 1 unspecified atom stereocenters. The predicted octanol–water partition coefficient (Wildman–Crippen LogP) is 1.28. The first-order valence-electron chi connectivity index (χ1n) is 10.00. The van der Waals surface area contributed by atoms with Gasteiger partial charge in [0.1, 0.15) is 10.2 Å². The normalized spacial score (nSPS) is 15.8. The number of hydrogen-bond donors (Lipinski definition) is 1. The molecule has 0 saturated heterocycles. The lowest BCUT2D eigenvalue weighted by atomic mass is 10.2. The molecule has 0 bridgehead atoms. The van der Waals surface area contributed by atoms with Gasteiger partial charge in [0, 0.05) is 30.0 Å². The van der Waals surface area contributed by atoms with Crippen LogP contribution in [0, 0.1) is 0 Å². The van der Waals surface area contributed by atoms with Gasteiger partial charge in [0.25, 0.3) is 0 Å². The van der Waals surface area contributed by atoms with Crippen LogP contribution < -0.4 is 16.3 Å².